The predicted octanol–water partition coefficient (Wildman–Crippen LogP) is 1.36. The molecule has 0 aromatic heterocycles. The molecule has 0 fully saturated rings. The second-order valence-electron chi connectivity index (χ2n) is 3.05. The molecule has 0 spiro atoms. The number of Topliss-reactive ketones (excluding diaryl/α,β-unsaturated/α-hetero) is 1. The summed E-state index contributed by atoms with van der Waals surface area (Å²) in [5, 5.41) is 3.21. The summed E-state index contributed by atoms with van der Waals surface area (Å²) in [4.78, 5) is 11.4. The Morgan fingerprint density at radius 1 is 1.17 bits per heavy atom. The topological polar surface area (TPSA) is 29.1 Å². The Balaban J connectivity index is 2.38. The maximum absolute atomic E-state index is 11.4. The second kappa shape index (κ2) is 3.07. The average molecular weight is 161 g/mol. The molecule has 2 nitrogen and oxygen atoms in total. The molecule has 0 saturated heterocycles. The summed E-state index contributed by atoms with van der Waals surface area (Å²) in [7, 11) is 0. The van der Waals surface area contributed by atoms with Gasteiger partial charge in [-0.25, -0.2) is 0 Å². The lowest BCUT2D eigenvalue weighted by molar-refractivity contribution is 0.0983. The molecule has 1 aromatic rings. The molecule has 2 bridgehead atoms. The van der Waals surface area contributed by atoms with Gasteiger partial charge in [0.2, 0.25) is 0 Å². The molecule has 0 saturated carbocycles. The number of fused-ring (bicyclic) bond motifs is 6. The number of hydrogen-bond donors (Lipinski definition) is 1. The van der Waals surface area contributed by atoms with Crippen molar-refractivity contribution in [3.8, 4) is 0 Å². The van der Waals surface area contributed by atoms with E-state index in [0.29, 0.717) is 6.42 Å². The van der Waals surface area contributed by atoms with Crippen molar-refractivity contribution >= 4 is 5.78 Å². The number of hydrogen-bond acceptors (Lipinski definition) is 2. The van der Waals surface area contributed by atoms with Crippen LogP contribution in [0.2, 0.25) is 0 Å². The van der Waals surface area contributed by atoms with E-state index in [4.69, 9.17) is 0 Å². The minimum Gasteiger partial charge on any atom is -0.312 e. The Bertz CT molecular complexity index is 289. The average Bonchev–Trinajstić information content (AvgIpc) is 2.24. The Labute approximate surface area is 71.6 Å². The molecule has 62 valence electrons. The molecule has 0 radical (unpaired) electrons. The monoisotopic (exact) mass is 161 g/mol. The van der Waals surface area contributed by atoms with Gasteiger partial charge in [0.05, 0.1) is 0 Å². The molecule has 1 aromatic carbocycles. The van der Waals surface area contributed by atoms with Crippen molar-refractivity contribution in [2.24, 2.45) is 0 Å². The largest absolute Gasteiger partial charge is 0.312 e. The molecule has 3 rings (SSSR count). The highest BCUT2D eigenvalue weighted by molar-refractivity contribution is 5.96. The van der Waals surface area contributed by atoms with Gasteiger partial charge in [-0.15, -0.1) is 0 Å². The third-order valence-electron chi connectivity index (χ3n) is 2.13. The van der Waals surface area contributed by atoms with E-state index >= 15 is 0 Å². The van der Waals surface area contributed by atoms with Crippen LogP contribution in [-0.2, 0) is 6.54 Å². The van der Waals surface area contributed by atoms with E-state index in [0.717, 1.165) is 18.7 Å². The Morgan fingerprint density at radius 3 is 2.67 bits per heavy atom. The number of rotatable bonds is 0. The molecule has 2 heteroatoms. The highest BCUT2D eigenvalue weighted by Gasteiger charge is 2.07. The van der Waals surface area contributed by atoms with Crippen LogP contribution in [0, 0.1) is 0 Å². The van der Waals surface area contributed by atoms with Gasteiger partial charge in [0.25, 0.3) is 0 Å². The standard InChI is InChI=1S/C10H11NO/c12-10-5-6-11-7-8-1-3-9(10)4-2-8/h1-4,11H,5-7H2. The van der Waals surface area contributed by atoms with Crippen molar-refractivity contribution < 1.29 is 4.79 Å². The first-order chi connectivity index (χ1) is 5.86. The summed E-state index contributed by atoms with van der Waals surface area (Å²) in [5.41, 5.74) is 2.08. The van der Waals surface area contributed by atoms with E-state index < -0.39 is 0 Å². The van der Waals surface area contributed by atoms with E-state index in [9.17, 15) is 4.79 Å². The Kier molecular flexibility index (Phi) is 1.92. The van der Waals surface area contributed by atoms with Crippen molar-refractivity contribution in [2.75, 3.05) is 6.54 Å². The van der Waals surface area contributed by atoms with Crippen LogP contribution >= 0.6 is 0 Å². The van der Waals surface area contributed by atoms with Crippen molar-refractivity contribution in [2.45, 2.75) is 13.0 Å². The van der Waals surface area contributed by atoms with Gasteiger partial charge < -0.3 is 5.32 Å². The number of benzene rings is 1. The lowest BCUT2D eigenvalue weighted by atomic mass is 10.1. The van der Waals surface area contributed by atoms with Gasteiger partial charge in [-0.3, -0.25) is 4.79 Å². The summed E-state index contributed by atoms with van der Waals surface area (Å²) in [6.45, 7) is 1.66. The smallest absolute Gasteiger partial charge is 0.164 e. The second-order valence-corrected chi connectivity index (χ2v) is 3.05. The van der Waals surface area contributed by atoms with Crippen molar-refractivity contribution in [1.29, 1.82) is 0 Å². The van der Waals surface area contributed by atoms with Crippen molar-refractivity contribution in [3.05, 3.63) is 35.4 Å². The van der Waals surface area contributed by atoms with Gasteiger partial charge in [0, 0.05) is 25.1 Å². The van der Waals surface area contributed by atoms with Crippen molar-refractivity contribution in [3.63, 3.8) is 0 Å². The van der Waals surface area contributed by atoms with E-state index in [-0.39, 0.29) is 5.78 Å². The molecular formula is C10H11NO. The SMILES string of the molecule is O=C1CCNCc2ccc1cc2. The van der Waals surface area contributed by atoms with E-state index in [1.807, 2.05) is 24.3 Å². The third-order valence-corrected chi connectivity index (χ3v) is 2.13. The Morgan fingerprint density at radius 2 is 1.92 bits per heavy atom. The number of ketones is 1. The molecule has 0 amide bonds. The first kappa shape index (κ1) is 7.50. The van der Waals surface area contributed by atoms with Crippen LogP contribution < -0.4 is 5.32 Å². The van der Waals surface area contributed by atoms with Crippen LogP contribution in [0.25, 0.3) is 0 Å². The fraction of sp³-hybridized carbons (Fsp3) is 0.300. The molecule has 2 heterocycles. The fourth-order valence-corrected chi connectivity index (χ4v) is 1.39. The summed E-state index contributed by atoms with van der Waals surface area (Å²) >= 11 is 0. The van der Waals surface area contributed by atoms with Gasteiger partial charge in [-0.2, -0.15) is 0 Å². The van der Waals surface area contributed by atoms with Gasteiger partial charge >= 0.3 is 0 Å². The third kappa shape index (κ3) is 1.38. The maximum Gasteiger partial charge on any atom is 0.164 e. The molecule has 0 unspecified atom stereocenters. The minimum atomic E-state index is 0.232. The minimum absolute atomic E-state index is 0.232. The van der Waals surface area contributed by atoms with Gasteiger partial charge in [0.1, 0.15) is 0 Å². The Hall–Kier alpha value is -1.15. The van der Waals surface area contributed by atoms with E-state index in [2.05, 4.69) is 5.32 Å². The van der Waals surface area contributed by atoms with E-state index in [1.54, 1.807) is 0 Å². The number of carbonyl (C=O) groups is 1. The van der Waals surface area contributed by atoms with Gasteiger partial charge in [-0.05, 0) is 5.56 Å². The summed E-state index contributed by atoms with van der Waals surface area (Å²) in [6.07, 6.45) is 0.608. The van der Waals surface area contributed by atoms with Gasteiger partial charge in [-0.1, -0.05) is 24.3 Å². The lowest BCUT2D eigenvalue weighted by Gasteiger charge is -1.98. The van der Waals surface area contributed by atoms with Crippen LogP contribution in [0.3, 0.4) is 0 Å². The lowest BCUT2D eigenvalue weighted by Crippen LogP contribution is -2.15. The maximum atomic E-state index is 11.4. The molecular weight excluding hydrogens is 150 g/mol. The van der Waals surface area contributed by atoms with E-state index in [1.165, 1.54) is 5.56 Å². The van der Waals surface area contributed by atoms with Crippen LogP contribution in [-0.4, -0.2) is 12.3 Å². The normalized spacial score (nSPS) is 16.8. The summed E-state index contributed by atoms with van der Waals surface area (Å²) in [6, 6.07) is 7.83. The van der Waals surface area contributed by atoms with Crippen molar-refractivity contribution in [1.82, 2.24) is 5.32 Å². The van der Waals surface area contributed by atoms with Crippen LogP contribution in [0.5, 0.6) is 0 Å². The fourth-order valence-electron chi connectivity index (χ4n) is 1.39. The molecule has 2 aliphatic rings. The zero-order valence-electron chi connectivity index (χ0n) is 6.84. The predicted molar refractivity (Wildman–Crippen MR) is 47.1 cm³/mol. The highest BCUT2D eigenvalue weighted by Crippen LogP contribution is 2.08. The first-order valence-corrected chi connectivity index (χ1v) is 4.19. The molecule has 1 N–H and O–H groups in total. The number of carbonyl (C=O) groups excluding carboxylic acids is 1. The summed E-state index contributed by atoms with van der Waals surface area (Å²) < 4.78 is 0. The van der Waals surface area contributed by atoms with Crippen LogP contribution in [0.4, 0.5) is 0 Å². The van der Waals surface area contributed by atoms with Crippen LogP contribution in [0.1, 0.15) is 22.3 Å². The van der Waals surface area contributed by atoms with Gasteiger partial charge in [0.15, 0.2) is 5.78 Å². The molecule has 2 aliphatic heterocycles. The first-order valence-electron chi connectivity index (χ1n) is 4.19. The quantitative estimate of drug-likeness (QED) is 0.622. The van der Waals surface area contributed by atoms with Crippen LogP contribution in [0.15, 0.2) is 24.3 Å². The highest BCUT2D eigenvalue weighted by atomic mass is 16.1. The molecule has 0 aliphatic carbocycles. The molecule has 0 atom stereocenters. The molecule has 12 heavy (non-hydrogen) atoms. The zero-order valence-corrected chi connectivity index (χ0v) is 6.84. The summed E-state index contributed by atoms with van der Waals surface area (Å²) in [5.74, 6) is 0.232. The number of nitrogens with one attached hydrogen (secondary N) is 1. The zero-order chi connectivity index (χ0) is 8.39.